The number of rotatable bonds is 5. The van der Waals surface area contributed by atoms with Crippen molar-refractivity contribution in [2.45, 2.75) is 6.92 Å². The Morgan fingerprint density at radius 1 is 1.57 bits per heavy atom. The predicted octanol–water partition coefficient (Wildman–Crippen LogP) is 3.43. The molecule has 1 aromatic rings. The van der Waals surface area contributed by atoms with Crippen molar-refractivity contribution in [3.05, 3.63) is 48.4 Å². The third-order valence-corrected chi connectivity index (χ3v) is 2.10. The first-order valence-electron chi connectivity index (χ1n) is 4.53. The summed E-state index contributed by atoms with van der Waals surface area (Å²) >= 11 is 5.53. The maximum absolute atomic E-state index is 5.53. The van der Waals surface area contributed by atoms with E-state index in [2.05, 4.69) is 6.58 Å². The van der Waals surface area contributed by atoms with E-state index in [9.17, 15) is 0 Å². The summed E-state index contributed by atoms with van der Waals surface area (Å²) in [5, 5.41) is 0. The zero-order valence-electron chi connectivity index (χ0n) is 8.29. The minimum Gasteiger partial charge on any atom is -0.492 e. The lowest BCUT2D eigenvalue weighted by molar-refractivity contribution is 0.342. The molecule has 0 fully saturated rings. The monoisotopic (exact) mass is 209 g/mol. The third kappa shape index (κ3) is 3.08. The highest BCUT2D eigenvalue weighted by Crippen LogP contribution is 2.20. The van der Waals surface area contributed by atoms with Crippen molar-refractivity contribution in [1.29, 1.82) is 0 Å². The van der Waals surface area contributed by atoms with E-state index in [0.29, 0.717) is 12.5 Å². The molecular formula is C12H14ClO. The molecule has 0 aliphatic rings. The van der Waals surface area contributed by atoms with Crippen LogP contribution in [0.15, 0.2) is 36.9 Å². The van der Waals surface area contributed by atoms with Gasteiger partial charge < -0.3 is 4.74 Å². The van der Waals surface area contributed by atoms with Gasteiger partial charge in [0.1, 0.15) is 12.4 Å². The number of allylic oxidation sites excluding steroid dienone is 1. The van der Waals surface area contributed by atoms with Gasteiger partial charge >= 0.3 is 0 Å². The summed E-state index contributed by atoms with van der Waals surface area (Å²) in [4.78, 5) is 0. The van der Waals surface area contributed by atoms with Gasteiger partial charge in [-0.1, -0.05) is 25.1 Å². The van der Waals surface area contributed by atoms with Crippen LogP contribution >= 0.6 is 11.6 Å². The van der Waals surface area contributed by atoms with Gasteiger partial charge in [-0.3, -0.25) is 0 Å². The molecule has 1 radical (unpaired) electrons. The van der Waals surface area contributed by atoms with Crippen LogP contribution in [0.2, 0.25) is 0 Å². The van der Waals surface area contributed by atoms with E-state index in [1.807, 2.05) is 37.3 Å². The van der Waals surface area contributed by atoms with Crippen LogP contribution in [-0.4, -0.2) is 12.5 Å². The standard InChI is InChI=1S/C12H14ClO/c1-3-10(2)11-5-4-6-12(9-11)14-8-7-13/h3-6,9H,1,7-8H2,2H3. The normalized spacial score (nSPS) is 10.2. The molecule has 0 heterocycles. The van der Waals surface area contributed by atoms with Crippen LogP contribution < -0.4 is 4.74 Å². The molecule has 1 rings (SSSR count). The number of benzene rings is 1. The zero-order chi connectivity index (χ0) is 10.4. The van der Waals surface area contributed by atoms with Gasteiger partial charge in [0.2, 0.25) is 0 Å². The summed E-state index contributed by atoms with van der Waals surface area (Å²) in [6.07, 6.45) is 1.83. The first-order valence-corrected chi connectivity index (χ1v) is 5.06. The van der Waals surface area contributed by atoms with Crippen LogP contribution in [0.4, 0.5) is 0 Å². The molecule has 1 nitrogen and oxygen atoms in total. The van der Waals surface area contributed by atoms with Gasteiger partial charge in [0.25, 0.3) is 0 Å². The molecule has 0 unspecified atom stereocenters. The third-order valence-electron chi connectivity index (χ3n) is 1.94. The van der Waals surface area contributed by atoms with Crippen molar-refractivity contribution in [3.63, 3.8) is 0 Å². The summed E-state index contributed by atoms with van der Waals surface area (Å²) in [6.45, 7) is 6.29. The molecule has 2 heteroatoms. The summed E-state index contributed by atoms with van der Waals surface area (Å²) in [5.41, 5.74) is 1.13. The molecule has 0 spiro atoms. The predicted molar refractivity (Wildman–Crippen MR) is 60.9 cm³/mol. The van der Waals surface area contributed by atoms with Crippen LogP contribution in [-0.2, 0) is 0 Å². The van der Waals surface area contributed by atoms with Crippen molar-refractivity contribution < 1.29 is 4.74 Å². The van der Waals surface area contributed by atoms with Gasteiger partial charge in [-0.25, -0.2) is 0 Å². The van der Waals surface area contributed by atoms with Crippen molar-refractivity contribution in [2.75, 3.05) is 12.5 Å². The molecule has 0 aliphatic heterocycles. The highest BCUT2D eigenvalue weighted by Gasteiger charge is 2.02. The first-order chi connectivity index (χ1) is 6.77. The van der Waals surface area contributed by atoms with Gasteiger partial charge in [-0.15, -0.1) is 18.2 Å². The Kier molecular flexibility index (Phi) is 4.54. The Labute approximate surface area is 90.3 Å². The molecule has 0 atom stereocenters. The number of ether oxygens (including phenoxy) is 1. The second kappa shape index (κ2) is 5.71. The van der Waals surface area contributed by atoms with E-state index in [1.54, 1.807) is 0 Å². The van der Waals surface area contributed by atoms with Crippen molar-refractivity contribution in [2.24, 2.45) is 0 Å². The second-order valence-electron chi connectivity index (χ2n) is 2.95. The molecule has 0 bridgehead atoms. The van der Waals surface area contributed by atoms with Gasteiger partial charge in [0, 0.05) is 5.92 Å². The minimum atomic E-state index is 0.508. The van der Waals surface area contributed by atoms with E-state index in [1.165, 1.54) is 0 Å². The van der Waals surface area contributed by atoms with Crippen LogP contribution in [0.1, 0.15) is 12.5 Å². The van der Waals surface area contributed by atoms with Crippen LogP contribution in [0.25, 0.3) is 0 Å². The van der Waals surface area contributed by atoms with Crippen molar-refractivity contribution in [1.82, 2.24) is 0 Å². The van der Waals surface area contributed by atoms with Gasteiger partial charge in [0.05, 0.1) is 5.88 Å². The smallest absolute Gasteiger partial charge is 0.119 e. The van der Waals surface area contributed by atoms with Crippen LogP contribution in [0.3, 0.4) is 0 Å². The Morgan fingerprint density at radius 3 is 3.00 bits per heavy atom. The molecule has 1 aromatic carbocycles. The van der Waals surface area contributed by atoms with Gasteiger partial charge in [0.15, 0.2) is 0 Å². The summed E-state index contributed by atoms with van der Waals surface area (Å²) in [6, 6.07) is 7.91. The van der Waals surface area contributed by atoms with E-state index in [4.69, 9.17) is 16.3 Å². The maximum Gasteiger partial charge on any atom is 0.119 e. The average Bonchev–Trinajstić information content (AvgIpc) is 2.25. The fraction of sp³-hybridized carbons (Fsp3) is 0.250. The fourth-order valence-electron chi connectivity index (χ4n) is 1.11. The molecule has 0 saturated heterocycles. The highest BCUT2D eigenvalue weighted by molar-refractivity contribution is 6.17. The molecule has 0 amide bonds. The minimum absolute atomic E-state index is 0.508. The molecule has 75 valence electrons. The number of hydrogen-bond donors (Lipinski definition) is 0. The van der Waals surface area contributed by atoms with E-state index >= 15 is 0 Å². The lowest BCUT2D eigenvalue weighted by Gasteiger charge is -2.08. The van der Waals surface area contributed by atoms with Crippen LogP contribution in [0, 0.1) is 5.92 Å². The van der Waals surface area contributed by atoms with Gasteiger partial charge in [-0.2, -0.15) is 0 Å². The largest absolute Gasteiger partial charge is 0.492 e. The number of halogens is 1. The van der Waals surface area contributed by atoms with E-state index in [0.717, 1.165) is 17.2 Å². The lowest BCUT2D eigenvalue weighted by atomic mass is 10.0. The van der Waals surface area contributed by atoms with Crippen LogP contribution in [0.5, 0.6) is 5.75 Å². The summed E-state index contributed by atoms with van der Waals surface area (Å²) in [5.74, 6) is 2.50. The second-order valence-corrected chi connectivity index (χ2v) is 3.33. The average molecular weight is 210 g/mol. The quantitative estimate of drug-likeness (QED) is 0.676. The van der Waals surface area contributed by atoms with Crippen molar-refractivity contribution >= 4 is 11.6 Å². The Morgan fingerprint density at radius 2 is 2.36 bits per heavy atom. The first kappa shape index (κ1) is 11.1. The SMILES string of the molecule is C=C[C](C)c1cccc(OCCCl)c1. The van der Waals surface area contributed by atoms with E-state index < -0.39 is 0 Å². The summed E-state index contributed by atoms with van der Waals surface area (Å²) in [7, 11) is 0. The molecular weight excluding hydrogens is 196 g/mol. The number of hydrogen-bond acceptors (Lipinski definition) is 1. The topological polar surface area (TPSA) is 9.23 Å². The molecule has 14 heavy (non-hydrogen) atoms. The Balaban J connectivity index is 2.73. The fourth-order valence-corrected chi connectivity index (χ4v) is 1.18. The summed E-state index contributed by atoms with van der Waals surface area (Å²) < 4.78 is 5.41. The molecule has 0 aliphatic carbocycles. The lowest BCUT2D eigenvalue weighted by Crippen LogP contribution is -1.99. The van der Waals surface area contributed by atoms with Crippen molar-refractivity contribution in [3.8, 4) is 5.75 Å². The number of alkyl halides is 1. The zero-order valence-corrected chi connectivity index (χ0v) is 9.05. The van der Waals surface area contributed by atoms with Gasteiger partial charge in [-0.05, 0) is 17.7 Å². The maximum atomic E-state index is 5.53. The molecule has 0 aromatic heterocycles. The highest BCUT2D eigenvalue weighted by atomic mass is 35.5. The molecule has 0 N–H and O–H groups in total. The Bertz CT molecular complexity index is 296. The van der Waals surface area contributed by atoms with E-state index in [-0.39, 0.29) is 0 Å². The Hall–Kier alpha value is -0.950. The molecule has 0 saturated carbocycles.